The predicted octanol–water partition coefficient (Wildman–Crippen LogP) is 0.727. The van der Waals surface area contributed by atoms with E-state index >= 15 is 0 Å². The lowest BCUT2D eigenvalue weighted by Gasteiger charge is -2.20. The second-order valence-corrected chi connectivity index (χ2v) is 3.96. The molecule has 4 heteroatoms. The highest BCUT2D eigenvalue weighted by Gasteiger charge is 2.55. The molecule has 0 aromatic carbocycles. The third-order valence-corrected chi connectivity index (χ3v) is 3.01. The van der Waals surface area contributed by atoms with Gasteiger partial charge in [0, 0.05) is 6.54 Å². The summed E-state index contributed by atoms with van der Waals surface area (Å²) >= 11 is 0. The van der Waals surface area contributed by atoms with E-state index in [1.807, 2.05) is 13.8 Å². The Labute approximate surface area is 77.3 Å². The highest BCUT2D eigenvalue weighted by atomic mass is 16.2. The van der Waals surface area contributed by atoms with Crippen LogP contribution in [0.4, 0.5) is 4.79 Å². The molecule has 4 nitrogen and oxygen atoms in total. The van der Waals surface area contributed by atoms with Gasteiger partial charge in [0.05, 0.1) is 0 Å². The molecule has 2 aliphatic rings. The van der Waals surface area contributed by atoms with Gasteiger partial charge >= 0.3 is 6.03 Å². The number of rotatable bonds is 2. The molecule has 0 radical (unpaired) electrons. The Morgan fingerprint density at radius 3 is 2.54 bits per heavy atom. The third kappa shape index (κ3) is 1.04. The predicted molar refractivity (Wildman–Crippen MR) is 47.0 cm³/mol. The fourth-order valence-corrected chi connectivity index (χ4v) is 1.94. The van der Waals surface area contributed by atoms with E-state index in [1.165, 1.54) is 4.90 Å². The number of likely N-dealkylation sites (N-methyl/N-ethyl adjacent to an activating group) is 1. The first-order chi connectivity index (χ1) is 6.09. The van der Waals surface area contributed by atoms with Crippen molar-refractivity contribution in [2.75, 3.05) is 6.54 Å². The number of carbonyl (C=O) groups is 2. The van der Waals surface area contributed by atoms with Crippen molar-refractivity contribution < 1.29 is 9.59 Å². The largest absolute Gasteiger partial charge is 0.325 e. The lowest BCUT2D eigenvalue weighted by molar-refractivity contribution is -0.131. The lowest BCUT2D eigenvalue weighted by Crippen LogP contribution is -2.46. The molecule has 0 spiro atoms. The van der Waals surface area contributed by atoms with Crippen LogP contribution in [0.15, 0.2) is 0 Å². The molecule has 0 aromatic rings. The van der Waals surface area contributed by atoms with Gasteiger partial charge in [-0.05, 0) is 32.6 Å². The first-order valence-corrected chi connectivity index (χ1v) is 4.73. The number of urea groups is 1. The minimum atomic E-state index is -0.604. The Morgan fingerprint density at radius 2 is 2.15 bits per heavy atom. The molecule has 1 heterocycles. The Balaban J connectivity index is 2.24. The third-order valence-electron chi connectivity index (χ3n) is 3.01. The summed E-state index contributed by atoms with van der Waals surface area (Å²) < 4.78 is 0. The van der Waals surface area contributed by atoms with Crippen LogP contribution in [-0.2, 0) is 4.79 Å². The summed E-state index contributed by atoms with van der Waals surface area (Å²) in [7, 11) is 0. The van der Waals surface area contributed by atoms with E-state index in [2.05, 4.69) is 5.32 Å². The molecule has 0 bridgehead atoms. The highest BCUT2D eigenvalue weighted by Crippen LogP contribution is 2.42. The molecule has 1 N–H and O–H groups in total. The summed E-state index contributed by atoms with van der Waals surface area (Å²) in [6.45, 7) is 4.11. The van der Waals surface area contributed by atoms with Crippen LogP contribution in [0.5, 0.6) is 0 Å². The molecule has 1 aliphatic carbocycles. The number of hydrogen-bond donors (Lipinski definition) is 1. The molecule has 1 unspecified atom stereocenters. The van der Waals surface area contributed by atoms with E-state index in [-0.39, 0.29) is 11.9 Å². The van der Waals surface area contributed by atoms with Gasteiger partial charge in [-0.1, -0.05) is 0 Å². The van der Waals surface area contributed by atoms with Gasteiger partial charge in [-0.15, -0.1) is 0 Å². The molecule has 2 fully saturated rings. The van der Waals surface area contributed by atoms with Crippen LogP contribution in [0, 0.1) is 5.92 Å². The summed E-state index contributed by atoms with van der Waals surface area (Å²) in [4.78, 5) is 24.4. The van der Waals surface area contributed by atoms with Crippen LogP contribution in [0.3, 0.4) is 0 Å². The zero-order valence-corrected chi connectivity index (χ0v) is 7.96. The van der Waals surface area contributed by atoms with Gasteiger partial charge in [-0.3, -0.25) is 9.69 Å². The monoisotopic (exact) mass is 182 g/mol. The van der Waals surface area contributed by atoms with Crippen molar-refractivity contribution in [1.82, 2.24) is 10.2 Å². The van der Waals surface area contributed by atoms with E-state index in [4.69, 9.17) is 0 Å². The first-order valence-electron chi connectivity index (χ1n) is 4.73. The Hall–Kier alpha value is -1.06. The maximum absolute atomic E-state index is 11.8. The van der Waals surface area contributed by atoms with Crippen molar-refractivity contribution >= 4 is 11.9 Å². The van der Waals surface area contributed by atoms with Gasteiger partial charge in [0.2, 0.25) is 0 Å². The minimum absolute atomic E-state index is 0.0532. The van der Waals surface area contributed by atoms with Gasteiger partial charge in [0.1, 0.15) is 5.54 Å². The average molecular weight is 182 g/mol. The number of carbonyl (C=O) groups excluding carboxylic acids is 2. The topological polar surface area (TPSA) is 49.4 Å². The number of hydrogen-bond acceptors (Lipinski definition) is 2. The Kier molecular flexibility index (Phi) is 1.62. The van der Waals surface area contributed by atoms with Crippen LogP contribution in [0.1, 0.15) is 26.7 Å². The van der Waals surface area contributed by atoms with Crippen LogP contribution < -0.4 is 5.32 Å². The smallest absolute Gasteiger partial charge is 0.323 e. The zero-order chi connectivity index (χ0) is 9.64. The van der Waals surface area contributed by atoms with Gasteiger partial charge in [0.25, 0.3) is 5.91 Å². The summed E-state index contributed by atoms with van der Waals surface area (Å²) in [6, 6.07) is -0.234. The molecule has 1 saturated carbocycles. The van der Waals surface area contributed by atoms with Crippen molar-refractivity contribution in [3.05, 3.63) is 0 Å². The molecule has 2 rings (SSSR count). The maximum atomic E-state index is 11.8. The summed E-state index contributed by atoms with van der Waals surface area (Å²) in [6.07, 6.45) is 2.11. The number of nitrogens with zero attached hydrogens (tertiary/aromatic N) is 1. The normalized spacial score (nSPS) is 33.8. The quantitative estimate of drug-likeness (QED) is 0.640. The molecule has 1 atom stereocenters. The molecule has 1 saturated heterocycles. The van der Waals surface area contributed by atoms with Crippen LogP contribution >= 0.6 is 0 Å². The minimum Gasteiger partial charge on any atom is -0.323 e. The molecular weight excluding hydrogens is 168 g/mol. The number of amides is 3. The molecule has 1 aliphatic heterocycles. The molecule has 3 amide bonds. The van der Waals surface area contributed by atoms with Crippen molar-refractivity contribution in [2.24, 2.45) is 5.92 Å². The van der Waals surface area contributed by atoms with Crippen LogP contribution in [0.2, 0.25) is 0 Å². The fourth-order valence-electron chi connectivity index (χ4n) is 1.94. The van der Waals surface area contributed by atoms with Gasteiger partial charge < -0.3 is 5.32 Å². The van der Waals surface area contributed by atoms with Crippen LogP contribution in [-0.4, -0.2) is 28.9 Å². The second kappa shape index (κ2) is 2.47. The molecule has 72 valence electrons. The maximum Gasteiger partial charge on any atom is 0.325 e. The van der Waals surface area contributed by atoms with Gasteiger partial charge in [-0.25, -0.2) is 4.79 Å². The van der Waals surface area contributed by atoms with E-state index < -0.39 is 5.54 Å². The Morgan fingerprint density at radius 1 is 1.54 bits per heavy atom. The molecular formula is C9H14N2O2. The highest BCUT2D eigenvalue weighted by molar-refractivity contribution is 6.07. The van der Waals surface area contributed by atoms with Gasteiger partial charge in [0.15, 0.2) is 0 Å². The second-order valence-electron chi connectivity index (χ2n) is 3.96. The standard InChI is InChI=1S/C9H14N2O2/c1-3-11-7(12)9(2,6-4-5-6)10-8(11)13/h6H,3-5H2,1-2H3,(H,10,13). The first kappa shape index (κ1) is 8.53. The lowest BCUT2D eigenvalue weighted by atomic mass is 9.96. The summed E-state index contributed by atoms with van der Waals surface area (Å²) in [5, 5.41) is 2.78. The van der Waals surface area contributed by atoms with E-state index in [0.29, 0.717) is 12.5 Å². The average Bonchev–Trinajstić information content (AvgIpc) is 2.84. The number of imide groups is 1. The van der Waals surface area contributed by atoms with Crippen molar-refractivity contribution in [3.8, 4) is 0 Å². The Bertz CT molecular complexity index is 273. The molecule has 13 heavy (non-hydrogen) atoms. The van der Waals surface area contributed by atoms with Crippen molar-refractivity contribution in [3.63, 3.8) is 0 Å². The van der Waals surface area contributed by atoms with Crippen molar-refractivity contribution in [2.45, 2.75) is 32.2 Å². The van der Waals surface area contributed by atoms with E-state index in [9.17, 15) is 9.59 Å². The summed E-state index contributed by atoms with van der Waals surface area (Å²) in [5.41, 5.74) is -0.604. The number of nitrogens with one attached hydrogen (secondary N) is 1. The van der Waals surface area contributed by atoms with Crippen molar-refractivity contribution in [1.29, 1.82) is 0 Å². The fraction of sp³-hybridized carbons (Fsp3) is 0.778. The van der Waals surface area contributed by atoms with E-state index in [0.717, 1.165) is 12.8 Å². The summed E-state index contributed by atoms with van der Waals surface area (Å²) in [5.74, 6) is 0.308. The zero-order valence-electron chi connectivity index (χ0n) is 7.96. The van der Waals surface area contributed by atoms with Gasteiger partial charge in [-0.2, -0.15) is 0 Å². The van der Waals surface area contributed by atoms with Crippen LogP contribution in [0.25, 0.3) is 0 Å². The van der Waals surface area contributed by atoms with E-state index in [1.54, 1.807) is 0 Å². The molecule has 0 aromatic heterocycles. The SMILES string of the molecule is CCN1C(=O)NC(C)(C2CC2)C1=O.